The third kappa shape index (κ3) is 3.54. The van der Waals surface area contributed by atoms with Crippen molar-refractivity contribution in [1.82, 2.24) is 4.90 Å². The Morgan fingerprint density at radius 1 is 1.10 bits per heavy atom. The van der Waals surface area contributed by atoms with E-state index in [9.17, 15) is 0 Å². The first-order chi connectivity index (χ1) is 9.72. The monoisotopic (exact) mass is 273 g/mol. The molecule has 0 radical (unpaired) electrons. The molecule has 0 aromatic heterocycles. The zero-order valence-corrected chi connectivity index (χ0v) is 12.9. The Morgan fingerprint density at radius 2 is 1.85 bits per heavy atom. The van der Waals surface area contributed by atoms with Crippen LogP contribution in [0, 0.1) is 25.7 Å². The number of likely N-dealkylation sites (tertiary alicyclic amines) is 1. The van der Waals surface area contributed by atoms with Crippen molar-refractivity contribution in [1.29, 1.82) is 0 Å². The molecule has 2 aliphatic rings. The zero-order chi connectivity index (χ0) is 13.9. The molecule has 20 heavy (non-hydrogen) atoms. The van der Waals surface area contributed by atoms with E-state index in [1.807, 2.05) is 0 Å². The van der Waals surface area contributed by atoms with Gasteiger partial charge in [0.15, 0.2) is 0 Å². The Balaban J connectivity index is 1.52. The molecule has 0 bridgehead atoms. The molecular weight excluding hydrogens is 246 g/mol. The maximum atomic E-state index is 6.15. The SMILES string of the molecule is Cc1cccc(C)c1OC[C@@H]1CCCN(CC2CC2)C1. The summed E-state index contributed by atoms with van der Waals surface area (Å²) in [5.41, 5.74) is 2.52. The second kappa shape index (κ2) is 6.17. The van der Waals surface area contributed by atoms with E-state index in [1.165, 1.54) is 56.4 Å². The van der Waals surface area contributed by atoms with Crippen LogP contribution < -0.4 is 4.74 Å². The highest BCUT2D eigenvalue weighted by Gasteiger charge is 2.27. The average molecular weight is 273 g/mol. The first-order valence-corrected chi connectivity index (χ1v) is 8.13. The highest BCUT2D eigenvalue weighted by atomic mass is 16.5. The Hall–Kier alpha value is -1.02. The van der Waals surface area contributed by atoms with Gasteiger partial charge in [-0.1, -0.05) is 18.2 Å². The van der Waals surface area contributed by atoms with Gasteiger partial charge in [-0.2, -0.15) is 0 Å². The highest BCUT2D eigenvalue weighted by molar-refractivity contribution is 5.39. The maximum absolute atomic E-state index is 6.15. The highest BCUT2D eigenvalue weighted by Crippen LogP contribution is 2.31. The van der Waals surface area contributed by atoms with Crippen LogP contribution in [0.4, 0.5) is 0 Å². The van der Waals surface area contributed by atoms with E-state index in [-0.39, 0.29) is 0 Å². The molecule has 0 amide bonds. The Bertz CT molecular complexity index is 432. The fourth-order valence-corrected chi connectivity index (χ4v) is 3.35. The third-order valence-electron chi connectivity index (χ3n) is 4.69. The van der Waals surface area contributed by atoms with E-state index < -0.39 is 0 Å². The standard InChI is InChI=1S/C18H27NO/c1-14-5-3-6-15(2)18(14)20-13-17-7-4-10-19(12-17)11-16-8-9-16/h3,5-6,16-17H,4,7-13H2,1-2H3/t17-/m1/s1. The molecule has 3 rings (SSSR count). The summed E-state index contributed by atoms with van der Waals surface area (Å²) in [4.78, 5) is 2.67. The van der Waals surface area contributed by atoms with Crippen molar-refractivity contribution < 1.29 is 4.74 Å². The van der Waals surface area contributed by atoms with E-state index in [4.69, 9.17) is 4.74 Å². The molecule has 2 nitrogen and oxygen atoms in total. The lowest BCUT2D eigenvalue weighted by Gasteiger charge is -2.32. The fraction of sp³-hybridized carbons (Fsp3) is 0.667. The summed E-state index contributed by atoms with van der Waals surface area (Å²) in [5.74, 6) is 2.82. The van der Waals surface area contributed by atoms with Crippen molar-refractivity contribution in [3.05, 3.63) is 29.3 Å². The summed E-state index contributed by atoms with van der Waals surface area (Å²) in [6.07, 6.45) is 5.58. The van der Waals surface area contributed by atoms with Gasteiger partial charge in [0.2, 0.25) is 0 Å². The molecule has 1 aliphatic carbocycles. The number of benzene rings is 1. The van der Waals surface area contributed by atoms with Crippen molar-refractivity contribution in [3.63, 3.8) is 0 Å². The van der Waals surface area contributed by atoms with Gasteiger partial charge in [0.05, 0.1) is 6.61 Å². The van der Waals surface area contributed by atoms with Gasteiger partial charge in [0.25, 0.3) is 0 Å². The second-order valence-electron chi connectivity index (χ2n) is 6.74. The maximum Gasteiger partial charge on any atom is 0.125 e. The summed E-state index contributed by atoms with van der Waals surface area (Å²) < 4.78 is 6.15. The predicted molar refractivity (Wildman–Crippen MR) is 83.3 cm³/mol. The zero-order valence-electron chi connectivity index (χ0n) is 12.9. The Labute approximate surface area is 123 Å². The first-order valence-electron chi connectivity index (χ1n) is 8.13. The quantitative estimate of drug-likeness (QED) is 0.809. The molecule has 1 aliphatic heterocycles. The van der Waals surface area contributed by atoms with Gasteiger partial charge in [-0.15, -0.1) is 0 Å². The smallest absolute Gasteiger partial charge is 0.125 e. The fourth-order valence-electron chi connectivity index (χ4n) is 3.35. The van der Waals surface area contributed by atoms with E-state index in [0.29, 0.717) is 5.92 Å². The Kier molecular flexibility index (Phi) is 4.30. The van der Waals surface area contributed by atoms with Crippen molar-refractivity contribution in [2.75, 3.05) is 26.2 Å². The van der Waals surface area contributed by atoms with Crippen LogP contribution in [0.25, 0.3) is 0 Å². The average Bonchev–Trinajstić information content (AvgIpc) is 3.23. The molecule has 1 heterocycles. The van der Waals surface area contributed by atoms with Crippen LogP contribution in [0.3, 0.4) is 0 Å². The lowest BCUT2D eigenvalue weighted by Crippen LogP contribution is -2.38. The lowest BCUT2D eigenvalue weighted by atomic mass is 9.98. The van der Waals surface area contributed by atoms with Gasteiger partial charge in [-0.25, -0.2) is 0 Å². The van der Waals surface area contributed by atoms with Crippen LogP contribution in [0.15, 0.2) is 18.2 Å². The first kappa shape index (κ1) is 13.9. The summed E-state index contributed by atoms with van der Waals surface area (Å²) in [7, 11) is 0. The number of nitrogens with zero attached hydrogens (tertiary/aromatic N) is 1. The number of hydrogen-bond donors (Lipinski definition) is 0. The molecule has 1 aromatic rings. The van der Waals surface area contributed by atoms with Gasteiger partial charge in [0, 0.05) is 19.0 Å². The number of rotatable bonds is 5. The molecular formula is C18H27NO. The molecule has 0 unspecified atom stereocenters. The molecule has 1 atom stereocenters. The summed E-state index contributed by atoms with van der Waals surface area (Å²) >= 11 is 0. The number of ether oxygens (including phenoxy) is 1. The molecule has 0 spiro atoms. The number of hydrogen-bond acceptors (Lipinski definition) is 2. The third-order valence-corrected chi connectivity index (χ3v) is 4.69. The summed E-state index contributed by atoms with van der Waals surface area (Å²) in [6, 6.07) is 6.39. The molecule has 1 saturated heterocycles. The van der Waals surface area contributed by atoms with Crippen molar-refractivity contribution in [2.45, 2.75) is 39.5 Å². The topological polar surface area (TPSA) is 12.5 Å². The van der Waals surface area contributed by atoms with Crippen molar-refractivity contribution in [3.8, 4) is 5.75 Å². The molecule has 2 heteroatoms. The normalized spacial score (nSPS) is 23.8. The minimum Gasteiger partial charge on any atom is -0.493 e. The van der Waals surface area contributed by atoms with E-state index >= 15 is 0 Å². The minimum absolute atomic E-state index is 0.710. The van der Waals surface area contributed by atoms with Gasteiger partial charge in [0.1, 0.15) is 5.75 Å². The van der Waals surface area contributed by atoms with Crippen LogP contribution in [-0.4, -0.2) is 31.1 Å². The van der Waals surface area contributed by atoms with Gasteiger partial charge in [-0.3, -0.25) is 0 Å². The van der Waals surface area contributed by atoms with Crippen LogP contribution >= 0.6 is 0 Å². The Morgan fingerprint density at radius 3 is 2.55 bits per heavy atom. The van der Waals surface area contributed by atoms with Gasteiger partial charge >= 0.3 is 0 Å². The van der Waals surface area contributed by atoms with Crippen LogP contribution in [0.2, 0.25) is 0 Å². The van der Waals surface area contributed by atoms with Gasteiger partial charge < -0.3 is 9.64 Å². The number of aryl methyl sites for hydroxylation is 2. The largest absolute Gasteiger partial charge is 0.493 e. The number of piperidine rings is 1. The van der Waals surface area contributed by atoms with E-state index in [0.717, 1.165) is 18.3 Å². The molecule has 0 N–H and O–H groups in total. The van der Waals surface area contributed by atoms with Crippen LogP contribution in [-0.2, 0) is 0 Å². The molecule has 1 saturated carbocycles. The van der Waals surface area contributed by atoms with Crippen molar-refractivity contribution >= 4 is 0 Å². The lowest BCUT2D eigenvalue weighted by molar-refractivity contribution is 0.126. The second-order valence-corrected chi connectivity index (χ2v) is 6.74. The number of para-hydroxylation sites is 1. The predicted octanol–water partition coefficient (Wildman–Crippen LogP) is 3.80. The summed E-state index contributed by atoms with van der Waals surface area (Å²) in [5, 5.41) is 0. The molecule has 1 aromatic carbocycles. The van der Waals surface area contributed by atoms with Crippen LogP contribution in [0.5, 0.6) is 5.75 Å². The molecule has 110 valence electrons. The molecule has 2 fully saturated rings. The van der Waals surface area contributed by atoms with E-state index in [2.05, 4.69) is 36.9 Å². The van der Waals surface area contributed by atoms with Gasteiger partial charge in [-0.05, 0) is 63.1 Å². The van der Waals surface area contributed by atoms with Crippen molar-refractivity contribution in [2.24, 2.45) is 11.8 Å². The van der Waals surface area contributed by atoms with E-state index in [1.54, 1.807) is 0 Å². The minimum atomic E-state index is 0.710. The van der Waals surface area contributed by atoms with Crippen LogP contribution in [0.1, 0.15) is 36.8 Å². The summed E-state index contributed by atoms with van der Waals surface area (Å²) in [6.45, 7) is 9.04.